The number of halogens is 1. The number of allylic oxidation sites excluding steroid dienone is 1. The lowest BCUT2D eigenvalue weighted by Gasteiger charge is -2.40. The van der Waals surface area contributed by atoms with Crippen LogP contribution in [0, 0.1) is 5.41 Å². The zero-order valence-corrected chi connectivity index (χ0v) is 8.70. The van der Waals surface area contributed by atoms with Crippen molar-refractivity contribution in [1.29, 1.82) is 0 Å². The van der Waals surface area contributed by atoms with Gasteiger partial charge in [-0.05, 0) is 37.5 Å². The first kappa shape index (κ1) is 9.31. The van der Waals surface area contributed by atoms with Crippen LogP contribution in [0.3, 0.4) is 0 Å². The summed E-state index contributed by atoms with van der Waals surface area (Å²) in [5.74, 6) is 0. The van der Waals surface area contributed by atoms with E-state index in [1.807, 2.05) is 6.08 Å². The van der Waals surface area contributed by atoms with E-state index in [-0.39, 0.29) is 0 Å². The predicted molar refractivity (Wildman–Crippen MR) is 54.1 cm³/mol. The van der Waals surface area contributed by atoms with Crippen molar-refractivity contribution in [3.05, 3.63) is 12.7 Å². The van der Waals surface area contributed by atoms with Crippen LogP contribution in [0.15, 0.2) is 12.7 Å². The molecule has 0 aromatic rings. The fourth-order valence-corrected chi connectivity index (χ4v) is 2.59. The van der Waals surface area contributed by atoms with Gasteiger partial charge < -0.3 is 0 Å². The molecule has 0 atom stereocenters. The molecule has 0 unspecified atom stereocenters. The van der Waals surface area contributed by atoms with E-state index in [4.69, 9.17) is 0 Å². The Morgan fingerprint density at radius 3 is 2.55 bits per heavy atom. The highest BCUT2D eigenvalue weighted by molar-refractivity contribution is 9.09. The molecule has 0 spiro atoms. The molecule has 0 aromatic carbocycles. The van der Waals surface area contributed by atoms with Gasteiger partial charge in [-0.3, -0.25) is 0 Å². The third-order valence-corrected chi connectivity index (χ3v) is 4.00. The summed E-state index contributed by atoms with van der Waals surface area (Å²) in [7, 11) is 0. The third-order valence-electron chi connectivity index (χ3n) is 2.81. The first-order valence-corrected chi connectivity index (χ1v) is 5.62. The Hall–Kier alpha value is 0.220. The van der Waals surface area contributed by atoms with Gasteiger partial charge in [0.05, 0.1) is 0 Å². The molecule has 1 aliphatic carbocycles. The minimum Gasteiger partial charge on any atom is -0.103 e. The molecule has 0 saturated heterocycles. The second-order valence-electron chi connectivity index (χ2n) is 3.67. The molecule has 1 aliphatic rings. The molecule has 0 aliphatic heterocycles. The average Bonchev–Trinajstić information content (AvgIpc) is 1.95. The maximum Gasteiger partial charge on any atom is 0.00879 e. The predicted octanol–water partition coefficient (Wildman–Crippen LogP) is 3.91. The molecule has 64 valence electrons. The van der Waals surface area contributed by atoms with Gasteiger partial charge in [0.1, 0.15) is 0 Å². The van der Waals surface area contributed by atoms with Gasteiger partial charge in [0, 0.05) is 5.33 Å². The highest BCUT2D eigenvalue weighted by Crippen LogP contribution is 2.46. The van der Waals surface area contributed by atoms with E-state index in [0.29, 0.717) is 5.41 Å². The molecule has 0 N–H and O–H groups in total. The fourth-order valence-electron chi connectivity index (χ4n) is 1.75. The summed E-state index contributed by atoms with van der Waals surface area (Å²) in [5, 5.41) is 1.21. The first-order valence-electron chi connectivity index (χ1n) is 4.50. The van der Waals surface area contributed by atoms with Crippen molar-refractivity contribution in [2.45, 2.75) is 38.5 Å². The molecule has 0 amide bonds. The van der Waals surface area contributed by atoms with Crippen molar-refractivity contribution in [2.75, 3.05) is 5.33 Å². The average molecular weight is 217 g/mol. The van der Waals surface area contributed by atoms with Gasteiger partial charge in [-0.15, -0.1) is 6.58 Å². The number of rotatable bonds is 5. The molecule has 1 fully saturated rings. The molecule has 0 bridgehead atoms. The summed E-state index contributed by atoms with van der Waals surface area (Å²) in [4.78, 5) is 0. The maximum absolute atomic E-state index is 3.74. The summed E-state index contributed by atoms with van der Waals surface area (Å²) in [6.45, 7) is 3.74. The summed E-state index contributed by atoms with van der Waals surface area (Å²) < 4.78 is 0. The van der Waals surface area contributed by atoms with E-state index < -0.39 is 0 Å². The molecular formula is C10H17Br. The summed E-state index contributed by atoms with van der Waals surface area (Å²) in [6.07, 6.45) is 10.3. The van der Waals surface area contributed by atoms with E-state index in [1.165, 1.54) is 43.9 Å². The van der Waals surface area contributed by atoms with Gasteiger partial charge in [0.15, 0.2) is 0 Å². The summed E-state index contributed by atoms with van der Waals surface area (Å²) >= 11 is 3.61. The van der Waals surface area contributed by atoms with Gasteiger partial charge in [-0.2, -0.15) is 0 Å². The van der Waals surface area contributed by atoms with Crippen LogP contribution < -0.4 is 0 Å². The second-order valence-corrected chi connectivity index (χ2v) is 4.23. The minimum absolute atomic E-state index is 0.684. The number of hydrogen-bond acceptors (Lipinski definition) is 0. The van der Waals surface area contributed by atoms with Crippen LogP contribution in [-0.4, -0.2) is 5.33 Å². The fraction of sp³-hybridized carbons (Fsp3) is 0.800. The number of unbranched alkanes of at least 4 members (excludes halogenated alkanes) is 1. The molecule has 1 rings (SSSR count). The quantitative estimate of drug-likeness (QED) is 0.372. The van der Waals surface area contributed by atoms with Crippen LogP contribution in [0.1, 0.15) is 38.5 Å². The Morgan fingerprint density at radius 1 is 1.45 bits per heavy atom. The Labute approximate surface area is 78.2 Å². The largest absolute Gasteiger partial charge is 0.103 e. The van der Waals surface area contributed by atoms with Gasteiger partial charge >= 0.3 is 0 Å². The van der Waals surface area contributed by atoms with Crippen molar-refractivity contribution in [3.63, 3.8) is 0 Å². The van der Waals surface area contributed by atoms with Gasteiger partial charge in [0.2, 0.25) is 0 Å². The SMILES string of the molecule is C=CCCCC1(CBr)CCC1. The second kappa shape index (κ2) is 4.30. The molecule has 1 saturated carbocycles. The molecule has 1 heteroatoms. The standard InChI is InChI=1S/C10H17Br/c1-2-3-4-6-10(9-11)7-5-8-10/h2H,1,3-9H2. The van der Waals surface area contributed by atoms with Crippen LogP contribution in [0.2, 0.25) is 0 Å². The lowest BCUT2D eigenvalue weighted by molar-refractivity contribution is 0.151. The Balaban J connectivity index is 2.16. The lowest BCUT2D eigenvalue weighted by atomic mass is 9.67. The van der Waals surface area contributed by atoms with E-state index >= 15 is 0 Å². The van der Waals surface area contributed by atoms with E-state index in [2.05, 4.69) is 22.5 Å². The molecule has 0 radical (unpaired) electrons. The number of alkyl halides is 1. The zero-order chi connectivity index (χ0) is 8.16. The summed E-state index contributed by atoms with van der Waals surface area (Å²) in [6, 6.07) is 0. The first-order chi connectivity index (χ1) is 5.33. The zero-order valence-electron chi connectivity index (χ0n) is 7.11. The van der Waals surface area contributed by atoms with Crippen LogP contribution >= 0.6 is 15.9 Å². The smallest absolute Gasteiger partial charge is 0.00879 e. The van der Waals surface area contributed by atoms with Crippen LogP contribution in [0.25, 0.3) is 0 Å². The lowest BCUT2D eigenvalue weighted by Crippen LogP contribution is -2.30. The Bertz CT molecular complexity index is 119. The van der Waals surface area contributed by atoms with Crippen molar-refractivity contribution >= 4 is 15.9 Å². The van der Waals surface area contributed by atoms with Crippen molar-refractivity contribution in [3.8, 4) is 0 Å². The normalized spacial score (nSPS) is 20.8. The maximum atomic E-state index is 3.74. The van der Waals surface area contributed by atoms with Crippen molar-refractivity contribution < 1.29 is 0 Å². The van der Waals surface area contributed by atoms with Crippen molar-refractivity contribution in [1.82, 2.24) is 0 Å². The Morgan fingerprint density at radius 2 is 2.18 bits per heavy atom. The monoisotopic (exact) mass is 216 g/mol. The topological polar surface area (TPSA) is 0 Å². The molecule has 0 heterocycles. The summed E-state index contributed by atoms with van der Waals surface area (Å²) in [5.41, 5.74) is 0.684. The molecule has 0 aromatic heterocycles. The van der Waals surface area contributed by atoms with Gasteiger partial charge in [-0.25, -0.2) is 0 Å². The highest BCUT2D eigenvalue weighted by atomic mass is 79.9. The molecule has 11 heavy (non-hydrogen) atoms. The van der Waals surface area contributed by atoms with E-state index in [1.54, 1.807) is 0 Å². The molecular weight excluding hydrogens is 200 g/mol. The minimum atomic E-state index is 0.684. The van der Waals surface area contributed by atoms with Crippen LogP contribution in [0.5, 0.6) is 0 Å². The number of hydrogen-bond donors (Lipinski definition) is 0. The van der Waals surface area contributed by atoms with Gasteiger partial charge in [-0.1, -0.05) is 28.4 Å². The van der Waals surface area contributed by atoms with Crippen LogP contribution in [-0.2, 0) is 0 Å². The Kier molecular flexibility index (Phi) is 3.64. The molecule has 0 nitrogen and oxygen atoms in total. The highest BCUT2D eigenvalue weighted by Gasteiger charge is 2.34. The van der Waals surface area contributed by atoms with Crippen molar-refractivity contribution in [2.24, 2.45) is 5.41 Å². The van der Waals surface area contributed by atoms with E-state index in [0.717, 1.165) is 0 Å². The van der Waals surface area contributed by atoms with Crippen LogP contribution in [0.4, 0.5) is 0 Å². The van der Waals surface area contributed by atoms with E-state index in [9.17, 15) is 0 Å². The third kappa shape index (κ3) is 2.33. The van der Waals surface area contributed by atoms with Gasteiger partial charge in [0.25, 0.3) is 0 Å².